The third-order valence-electron chi connectivity index (χ3n) is 4.01. The van der Waals surface area contributed by atoms with Gasteiger partial charge in [0.15, 0.2) is 5.69 Å². The van der Waals surface area contributed by atoms with E-state index in [0.29, 0.717) is 11.7 Å². The van der Waals surface area contributed by atoms with Crippen LogP contribution >= 0.6 is 0 Å². The van der Waals surface area contributed by atoms with E-state index in [1.54, 1.807) is 6.20 Å². The molecule has 1 unspecified atom stereocenters. The smallest absolute Gasteiger partial charge is 0.273 e. The Morgan fingerprint density at radius 2 is 2.15 bits per heavy atom. The summed E-state index contributed by atoms with van der Waals surface area (Å²) in [5.41, 5.74) is 0.328. The van der Waals surface area contributed by atoms with Crippen LogP contribution in [-0.2, 0) is 0 Å². The van der Waals surface area contributed by atoms with Crippen molar-refractivity contribution in [3.63, 3.8) is 0 Å². The lowest BCUT2D eigenvalue weighted by atomic mass is 9.96. The van der Waals surface area contributed by atoms with Crippen molar-refractivity contribution in [1.82, 2.24) is 20.3 Å². The first-order valence-electron chi connectivity index (χ1n) is 7.45. The van der Waals surface area contributed by atoms with Gasteiger partial charge in [0.2, 0.25) is 0 Å². The van der Waals surface area contributed by atoms with Crippen LogP contribution in [0.2, 0.25) is 0 Å². The standard InChI is InChI=1S/C14H24N4O2/c1-10(2)13(9-19)15-14(20)12-8-18(17-16-12)11-6-4-3-5-7-11/h8,10-11,13,19H,3-7,9H2,1-2H3,(H,15,20). The predicted octanol–water partition coefficient (Wildman–Crippen LogP) is 1.53. The molecule has 1 atom stereocenters. The van der Waals surface area contributed by atoms with Crippen LogP contribution in [0.3, 0.4) is 0 Å². The first-order chi connectivity index (χ1) is 9.61. The van der Waals surface area contributed by atoms with Crippen LogP contribution in [0.25, 0.3) is 0 Å². The zero-order valence-corrected chi connectivity index (χ0v) is 12.2. The van der Waals surface area contributed by atoms with Crippen LogP contribution in [0.15, 0.2) is 6.20 Å². The van der Waals surface area contributed by atoms with Crippen molar-refractivity contribution in [3.8, 4) is 0 Å². The van der Waals surface area contributed by atoms with Gasteiger partial charge in [0, 0.05) is 0 Å². The highest BCUT2D eigenvalue weighted by atomic mass is 16.3. The summed E-state index contributed by atoms with van der Waals surface area (Å²) in [7, 11) is 0. The van der Waals surface area contributed by atoms with Crippen LogP contribution in [-0.4, -0.2) is 38.7 Å². The highest BCUT2D eigenvalue weighted by molar-refractivity contribution is 5.92. The summed E-state index contributed by atoms with van der Waals surface area (Å²) in [5.74, 6) is -0.0860. The Labute approximate surface area is 119 Å². The van der Waals surface area contributed by atoms with Crippen LogP contribution in [0.4, 0.5) is 0 Å². The van der Waals surface area contributed by atoms with Gasteiger partial charge in [0.05, 0.1) is 24.9 Å². The van der Waals surface area contributed by atoms with Crippen LogP contribution < -0.4 is 5.32 Å². The van der Waals surface area contributed by atoms with Crippen molar-refractivity contribution in [2.24, 2.45) is 5.92 Å². The van der Waals surface area contributed by atoms with Crippen molar-refractivity contribution in [3.05, 3.63) is 11.9 Å². The van der Waals surface area contributed by atoms with E-state index in [1.807, 2.05) is 18.5 Å². The molecule has 1 fully saturated rings. The SMILES string of the molecule is CC(C)C(CO)NC(=O)c1cn(C2CCCCC2)nn1. The van der Waals surface area contributed by atoms with Gasteiger partial charge in [0.25, 0.3) is 5.91 Å². The molecule has 1 aliphatic carbocycles. The molecule has 0 radical (unpaired) electrons. The third kappa shape index (κ3) is 3.56. The molecular formula is C14H24N4O2. The predicted molar refractivity (Wildman–Crippen MR) is 75.3 cm³/mol. The molecule has 0 saturated heterocycles. The number of hydrogen-bond donors (Lipinski definition) is 2. The number of carbonyl (C=O) groups excluding carboxylic acids is 1. The van der Waals surface area contributed by atoms with Gasteiger partial charge in [-0.05, 0) is 18.8 Å². The molecule has 0 spiro atoms. The van der Waals surface area contributed by atoms with Gasteiger partial charge in [-0.1, -0.05) is 38.3 Å². The lowest BCUT2D eigenvalue weighted by Gasteiger charge is -2.21. The summed E-state index contributed by atoms with van der Waals surface area (Å²) in [6, 6.07) is 0.124. The van der Waals surface area contributed by atoms with E-state index in [2.05, 4.69) is 15.6 Å². The monoisotopic (exact) mass is 280 g/mol. The Hall–Kier alpha value is -1.43. The molecule has 2 rings (SSSR count). The molecule has 1 aliphatic rings. The minimum Gasteiger partial charge on any atom is -0.394 e. The summed E-state index contributed by atoms with van der Waals surface area (Å²) in [6.07, 6.45) is 7.65. The van der Waals surface area contributed by atoms with Gasteiger partial charge in [-0.3, -0.25) is 4.79 Å². The number of aliphatic hydroxyl groups excluding tert-OH is 1. The molecule has 1 amide bonds. The summed E-state index contributed by atoms with van der Waals surface area (Å²) < 4.78 is 1.82. The number of rotatable bonds is 5. The topological polar surface area (TPSA) is 80.0 Å². The Kier molecular flexibility index (Phi) is 5.11. The average Bonchev–Trinajstić information content (AvgIpc) is 2.95. The number of nitrogens with zero attached hydrogens (tertiary/aromatic N) is 3. The second kappa shape index (κ2) is 6.83. The molecule has 2 N–H and O–H groups in total. The molecule has 6 nitrogen and oxygen atoms in total. The Morgan fingerprint density at radius 1 is 1.45 bits per heavy atom. The fourth-order valence-corrected chi connectivity index (χ4v) is 2.57. The van der Waals surface area contributed by atoms with Gasteiger partial charge < -0.3 is 10.4 Å². The summed E-state index contributed by atoms with van der Waals surface area (Å²) in [6.45, 7) is 3.85. The van der Waals surface area contributed by atoms with E-state index in [1.165, 1.54) is 19.3 Å². The fourth-order valence-electron chi connectivity index (χ4n) is 2.57. The van der Waals surface area contributed by atoms with E-state index in [4.69, 9.17) is 0 Å². The molecule has 1 heterocycles. The van der Waals surface area contributed by atoms with Gasteiger partial charge in [-0.25, -0.2) is 4.68 Å². The fraction of sp³-hybridized carbons (Fsp3) is 0.786. The maximum Gasteiger partial charge on any atom is 0.273 e. The molecule has 0 aliphatic heterocycles. The van der Waals surface area contributed by atoms with Gasteiger partial charge in [0.1, 0.15) is 0 Å². The van der Waals surface area contributed by atoms with Crippen LogP contribution in [0, 0.1) is 5.92 Å². The molecule has 1 aromatic rings. The number of carbonyl (C=O) groups is 1. The largest absolute Gasteiger partial charge is 0.394 e. The minimum atomic E-state index is -0.264. The lowest BCUT2D eigenvalue weighted by molar-refractivity contribution is 0.0891. The summed E-state index contributed by atoms with van der Waals surface area (Å²) >= 11 is 0. The normalized spacial score (nSPS) is 18.2. The molecule has 112 valence electrons. The van der Waals surface area contributed by atoms with E-state index in [-0.39, 0.29) is 24.5 Å². The Bertz CT molecular complexity index is 438. The second-order valence-electron chi connectivity index (χ2n) is 5.88. The van der Waals surface area contributed by atoms with Crippen LogP contribution in [0.1, 0.15) is 62.5 Å². The minimum absolute atomic E-state index is 0.0693. The number of hydrogen-bond acceptors (Lipinski definition) is 4. The van der Waals surface area contributed by atoms with Crippen molar-refractivity contribution >= 4 is 5.91 Å². The van der Waals surface area contributed by atoms with Crippen molar-refractivity contribution in [2.45, 2.75) is 58.0 Å². The van der Waals surface area contributed by atoms with E-state index in [9.17, 15) is 9.90 Å². The van der Waals surface area contributed by atoms with Gasteiger partial charge in [-0.2, -0.15) is 0 Å². The number of aromatic nitrogens is 3. The molecule has 0 aromatic carbocycles. The van der Waals surface area contributed by atoms with Crippen molar-refractivity contribution in [1.29, 1.82) is 0 Å². The maximum atomic E-state index is 12.1. The van der Waals surface area contributed by atoms with Gasteiger partial charge >= 0.3 is 0 Å². The molecule has 20 heavy (non-hydrogen) atoms. The summed E-state index contributed by atoms with van der Waals surface area (Å²) in [5, 5.41) is 20.1. The van der Waals surface area contributed by atoms with Crippen LogP contribution in [0.5, 0.6) is 0 Å². The number of amides is 1. The second-order valence-corrected chi connectivity index (χ2v) is 5.88. The zero-order valence-electron chi connectivity index (χ0n) is 12.2. The van der Waals surface area contributed by atoms with E-state index >= 15 is 0 Å². The highest BCUT2D eigenvalue weighted by Gasteiger charge is 2.21. The lowest BCUT2D eigenvalue weighted by Crippen LogP contribution is -2.41. The number of nitrogens with one attached hydrogen (secondary N) is 1. The first kappa shape index (κ1) is 15.0. The van der Waals surface area contributed by atoms with Crippen molar-refractivity contribution in [2.75, 3.05) is 6.61 Å². The molecule has 6 heteroatoms. The van der Waals surface area contributed by atoms with E-state index in [0.717, 1.165) is 12.8 Å². The average molecular weight is 280 g/mol. The molecular weight excluding hydrogens is 256 g/mol. The van der Waals surface area contributed by atoms with Crippen molar-refractivity contribution < 1.29 is 9.90 Å². The Morgan fingerprint density at radius 3 is 2.75 bits per heavy atom. The Balaban J connectivity index is 1.98. The first-order valence-corrected chi connectivity index (χ1v) is 7.45. The number of aliphatic hydroxyl groups is 1. The van der Waals surface area contributed by atoms with E-state index < -0.39 is 0 Å². The molecule has 1 saturated carbocycles. The zero-order chi connectivity index (χ0) is 14.5. The maximum absolute atomic E-state index is 12.1. The quantitative estimate of drug-likeness (QED) is 0.857. The van der Waals surface area contributed by atoms with Gasteiger partial charge in [-0.15, -0.1) is 5.10 Å². The highest BCUT2D eigenvalue weighted by Crippen LogP contribution is 2.27. The molecule has 1 aromatic heterocycles. The third-order valence-corrected chi connectivity index (χ3v) is 4.01. The summed E-state index contributed by atoms with van der Waals surface area (Å²) in [4.78, 5) is 12.1. The molecule has 0 bridgehead atoms.